The second kappa shape index (κ2) is 15.7. The molecule has 0 radical (unpaired) electrons. The van der Waals surface area contributed by atoms with E-state index in [4.69, 9.17) is 19.1 Å². The van der Waals surface area contributed by atoms with Crippen molar-refractivity contribution in [3.63, 3.8) is 0 Å². The number of rotatable bonds is 15. The van der Waals surface area contributed by atoms with Crippen molar-refractivity contribution in [3.8, 4) is 11.5 Å². The van der Waals surface area contributed by atoms with E-state index in [2.05, 4.69) is 20.9 Å². The molecule has 0 atom stereocenters. The molecule has 0 saturated heterocycles. The van der Waals surface area contributed by atoms with Gasteiger partial charge in [-0.25, -0.2) is 0 Å². The van der Waals surface area contributed by atoms with Crippen molar-refractivity contribution >= 4 is 24.2 Å². The third-order valence-electron chi connectivity index (χ3n) is 4.42. The number of methoxy groups -OCH3 is 2. The van der Waals surface area contributed by atoms with Crippen LogP contribution in [0.25, 0.3) is 0 Å². The Labute approximate surface area is 198 Å². The molecule has 10 nitrogen and oxygen atoms in total. The van der Waals surface area contributed by atoms with Gasteiger partial charge in [-0.15, -0.1) is 0 Å². The highest BCUT2D eigenvalue weighted by molar-refractivity contribution is 5.80. The molecule has 0 saturated carbocycles. The summed E-state index contributed by atoms with van der Waals surface area (Å²) in [5.41, 5.74) is 1.66. The van der Waals surface area contributed by atoms with Crippen LogP contribution in [0.15, 0.2) is 58.8 Å². The number of carbonyl (C=O) groups is 2. The predicted octanol–water partition coefficient (Wildman–Crippen LogP) is 2.12. The molecule has 0 heterocycles. The Morgan fingerprint density at radius 2 is 1.09 bits per heavy atom. The zero-order valence-electron chi connectivity index (χ0n) is 19.4. The molecule has 0 unspecified atom stereocenters. The van der Waals surface area contributed by atoms with Crippen molar-refractivity contribution in [2.75, 3.05) is 40.5 Å². The summed E-state index contributed by atoms with van der Waals surface area (Å²) < 4.78 is 10.2. The highest BCUT2D eigenvalue weighted by Crippen LogP contribution is 2.10. The first-order chi connectivity index (χ1) is 16.6. The van der Waals surface area contributed by atoms with Gasteiger partial charge in [-0.2, -0.15) is 0 Å². The van der Waals surface area contributed by atoms with E-state index in [1.165, 1.54) is 12.4 Å². The first-order valence-electron chi connectivity index (χ1n) is 10.7. The Hall–Kier alpha value is -4.08. The number of oxime groups is 2. The Morgan fingerprint density at radius 1 is 0.706 bits per heavy atom. The summed E-state index contributed by atoms with van der Waals surface area (Å²) >= 11 is 0. The molecule has 2 N–H and O–H groups in total. The number of ether oxygens (including phenoxy) is 2. The first kappa shape index (κ1) is 26.2. The molecular formula is C24H30N4O6. The summed E-state index contributed by atoms with van der Waals surface area (Å²) in [7, 11) is 3.19. The molecule has 2 amide bonds. The lowest BCUT2D eigenvalue weighted by molar-refractivity contribution is -0.126. The van der Waals surface area contributed by atoms with Crippen LogP contribution in [0.2, 0.25) is 0 Å². The fourth-order valence-corrected chi connectivity index (χ4v) is 2.58. The smallest absolute Gasteiger partial charge is 0.260 e. The van der Waals surface area contributed by atoms with Crippen LogP contribution in [0.4, 0.5) is 0 Å². The number of nitrogens with zero attached hydrogens (tertiary/aromatic N) is 2. The average Bonchev–Trinajstić information content (AvgIpc) is 2.87. The molecule has 0 bridgehead atoms. The van der Waals surface area contributed by atoms with Gasteiger partial charge in [0, 0.05) is 13.1 Å². The van der Waals surface area contributed by atoms with Gasteiger partial charge in [0.05, 0.1) is 26.6 Å². The van der Waals surface area contributed by atoms with Crippen LogP contribution in [-0.2, 0) is 19.3 Å². The van der Waals surface area contributed by atoms with Crippen LogP contribution in [0, 0.1) is 0 Å². The van der Waals surface area contributed by atoms with Crippen molar-refractivity contribution in [2.24, 2.45) is 10.3 Å². The molecule has 0 spiro atoms. The lowest BCUT2D eigenvalue weighted by Crippen LogP contribution is -2.30. The Kier molecular flexibility index (Phi) is 12.1. The highest BCUT2D eigenvalue weighted by Gasteiger charge is 2.02. The number of hydrogen-bond donors (Lipinski definition) is 2. The van der Waals surface area contributed by atoms with Gasteiger partial charge >= 0.3 is 0 Å². The highest BCUT2D eigenvalue weighted by atomic mass is 16.6. The monoisotopic (exact) mass is 470 g/mol. The number of benzene rings is 2. The zero-order chi connectivity index (χ0) is 24.4. The fourth-order valence-electron chi connectivity index (χ4n) is 2.58. The van der Waals surface area contributed by atoms with Crippen LogP contribution in [0.1, 0.15) is 24.0 Å². The Morgan fingerprint density at radius 3 is 1.44 bits per heavy atom. The van der Waals surface area contributed by atoms with Crippen LogP contribution >= 0.6 is 0 Å². The molecule has 0 aliphatic carbocycles. The minimum absolute atomic E-state index is 0.169. The third-order valence-corrected chi connectivity index (χ3v) is 4.42. The summed E-state index contributed by atoms with van der Waals surface area (Å²) in [6, 6.07) is 14.5. The zero-order valence-corrected chi connectivity index (χ0v) is 19.4. The lowest BCUT2D eigenvalue weighted by atomic mass is 10.2. The third kappa shape index (κ3) is 11.0. The van der Waals surface area contributed by atoms with Gasteiger partial charge in [0.25, 0.3) is 11.8 Å². The van der Waals surface area contributed by atoms with E-state index in [9.17, 15) is 9.59 Å². The van der Waals surface area contributed by atoms with Crippen molar-refractivity contribution in [1.82, 2.24) is 10.6 Å². The van der Waals surface area contributed by atoms with Crippen LogP contribution in [-0.4, -0.2) is 64.8 Å². The molecule has 2 aromatic carbocycles. The second-order valence-electron chi connectivity index (χ2n) is 6.97. The molecule has 0 aliphatic rings. The van der Waals surface area contributed by atoms with Gasteiger partial charge in [0.15, 0.2) is 13.2 Å². The summed E-state index contributed by atoms with van der Waals surface area (Å²) in [6.45, 7) is 0.612. The number of hydrogen-bond acceptors (Lipinski definition) is 8. The summed E-state index contributed by atoms with van der Waals surface area (Å²) in [5.74, 6) is 0.971. The van der Waals surface area contributed by atoms with Gasteiger partial charge in [0.2, 0.25) is 0 Å². The number of carbonyl (C=O) groups excluding carboxylic acids is 2. The standard InChI is InChI=1S/C24H30N4O6/c1-31-21-9-5-19(6-10-21)15-27-33-17-23(29)25-13-3-4-14-26-24(30)18-34-28-16-20-7-11-22(32-2)12-8-20/h5-12,15-16H,3-4,13-14,17-18H2,1-2H3,(H,25,29)(H,26,30)/b27-15+,28-16+. The van der Waals surface area contributed by atoms with E-state index in [1.807, 2.05) is 48.5 Å². The maximum absolute atomic E-state index is 11.7. The van der Waals surface area contributed by atoms with E-state index in [0.29, 0.717) is 25.9 Å². The lowest BCUT2D eigenvalue weighted by Gasteiger charge is -2.06. The Balaban J connectivity index is 1.45. The molecular weight excluding hydrogens is 440 g/mol. The number of unbranched alkanes of at least 4 members (excludes halogenated alkanes) is 1. The largest absolute Gasteiger partial charge is 0.497 e. The van der Waals surface area contributed by atoms with E-state index < -0.39 is 0 Å². The van der Waals surface area contributed by atoms with Crippen LogP contribution in [0.3, 0.4) is 0 Å². The molecule has 34 heavy (non-hydrogen) atoms. The maximum atomic E-state index is 11.7. The topological polar surface area (TPSA) is 120 Å². The first-order valence-corrected chi connectivity index (χ1v) is 10.7. The predicted molar refractivity (Wildman–Crippen MR) is 128 cm³/mol. The summed E-state index contributed by atoms with van der Waals surface area (Å²) in [5, 5.41) is 13.0. The molecule has 0 aromatic heterocycles. The van der Waals surface area contributed by atoms with Crippen molar-refractivity contribution < 1.29 is 28.7 Å². The maximum Gasteiger partial charge on any atom is 0.260 e. The fraction of sp³-hybridized carbons (Fsp3) is 0.333. The van der Waals surface area contributed by atoms with Gasteiger partial charge in [-0.3, -0.25) is 9.59 Å². The minimum atomic E-state index is -0.265. The van der Waals surface area contributed by atoms with Crippen LogP contribution in [0.5, 0.6) is 11.5 Å². The normalized spacial score (nSPS) is 10.8. The average molecular weight is 471 g/mol. The van der Waals surface area contributed by atoms with Crippen molar-refractivity contribution in [1.29, 1.82) is 0 Å². The molecule has 0 aliphatic heterocycles. The van der Waals surface area contributed by atoms with Crippen molar-refractivity contribution in [2.45, 2.75) is 12.8 Å². The van der Waals surface area contributed by atoms with Crippen molar-refractivity contribution in [3.05, 3.63) is 59.7 Å². The van der Waals surface area contributed by atoms with Gasteiger partial charge in [0.1, 0.15) is 11.5 Å². The van der Waals surface area contributed by atoms with Gasteiger partial charge in [-0.1, -0.05) is 10.3 Å². The quantitative estimate of drug-likeness (QED) is 0.234. The number of nitrogens with one attached hydrogen (secondary N) is 2. The summed E-state index contributed by atoms with van der Waals surface area (Å²) in [4.78, 5) is 33.4. The second-order valence-corrected chi connectivity index (χ2v) is 6.97. The van der Waals surface area contributed by atoms with E-state index >= 15 is 0 Å². The molecule has 182 valence electrons. The van der Waals surface area contributed by atoms with E-state index in [0.717, 1.165) is 22.6 Å². The molecule has 2 rings (SSSR count). The molecule has 2 aromatic rings. The SMILES string of the molecule is COc1ccc(/C=N/OCC(=O)NCCCCNC(=O)CO/N=C/c2ccc(OC)cc2)cc1. The Bertz CT molecular complexity index is 852. The van der Waals surface area contributed by atoms with Gasteiger partial charge < -0.3 is 29.8 Å². The van der Waals surface area contributed by atoms with Gasteiger partial charge in [-0.05, 0) is 72.5 Å². The van der Waals surface area contributed by atoms with E-state index in [1.54, 1.807) is 14.2 Å². The van der Waals surface area contributed by atoms with E-state index in [-0.39, 0.29) is 25.0 Å². The molecule has 0 fully saturated rings. The number of amides is 2. The summed E-state index contributed by atoms with van der Waals surface area (Å²) in [6.07, 6.45) is 4.45. The molecule has 10 heteroatoms. The minimum Gasteiger partial charge on any atom is -0.497 e. The van der Waals surface area contributed by atoms with Crippen LogP contribution < -0.4 is 20.1 Å².